The van der Waals surface area contributed by atoms with Gasteiger partial charge in [0.2, 0.25) is 0 Å². The number of ether oxygens (including phenoxy) is 1. The van der Waals surface area contributed by atoms with Crippen LogP contribution >= 0.6 is 0 Å². The summed E-state index contributed by atoms with van der Waals surface area (Å²) in [5.74, 6) is 0. The molecule has 3 rings (SSSR count). The number of nitrogens with one attached hydrogen (secondary N) is 1. The summed E-state index contributed by atoms with van der Waals surface area (Å²) in [5.41, 5.74) is 3.22. The van der Waals surface area contributed by atoms with Crippen molar-refractivity contribution >= 4 is 11.8 Å². The van der Waals surface area contributed by atoms with Crippen LogP contribution in [0.15, 0.2) is 47.8 Å². The number of carbonyl (C=O) groups is 1. The molecule has 0 saturated carbocycles. The number of hydrogen-bond donors (Lipinski definition) is 1. The molecule has 0 spiro atoms. The van der Waals surface area contributed by atoms with Gasteiger partial charge in [0, 0.05) is 18.2 Å². The van der Waals surface area contributed by atoms with Gasteiger partial charge in [0.25, 0.3) is 0 Å². The molecule has 1 aliphatic rings. The second kappa shape index (κ2) is 7.00. The number of aromatic nitrogens is 1. The highest BCUT2D eigenvalue weighted by Gasteiger charge is 2.22. The van der Waals surface area contributed by atoms with Crippen LogP contribution in [0.3, 0.4) is 0 Å². The normalized spacial score (nSPS) is 16.3. The molecule has 1 aromatic heterocycles. The molecular formula is C17H17N3O3. The number of nitrogens with zero attached hydrogens (tertiary/aromatic N) is 2. The second-order valence-corrected chi connectivity index (χ2v) is 5.54. The summed E-state index contributed by atoms with van der Waals surface area (Å²) >= 11 is 0. The third kappa shape index (κ3) is 3.91. The highest BCUT2D eigenvalue weighted by molar-refractivity contribution is 5.67. The average Bonchev–Trinajstić information content (AvgIpc) is 2.60. The average molecular weight is 311 g/mol. The predicted octanol–water partition coefficient (Wildman–Crippen LogP) is 3.26. The van der Waals surface area contributed by atoms with Crippen molar-refractivity contribution in [1.29, 1.82) is 0 Å². The molecule has 1 unspecified atom stereocenters. The molecule has 0 saturated heterocycles. The largest absolute Gasteiger partial charge is 0.445 e. The number of amides is 1. The van der Waals surface area contributed by atoms with Gasteiger partial charge in [-0.3, -0.25) is 4.98 Å². The van der Waals surface area contributed by atoms with Gasteiger partial charge in [-0.2, -0.15) is 0 Å². The van der Waals surface area contributed by atoms with E-state index in [-0.39, 0.29) is 12.6 Å². The summed E-state index contributed by atoms with van der Waals surface area (Å²) in [6, 6.07) is 11.3. The van der Waals surface area contributed by atoms with E-state index in [1.165, 1.54) is 6.20 Å². The third-order valence-corrected chi connectivity index (χ3v) is 3.89. The minimum Gasteiger partial charge on any atom is -0.445 e. The first-order valence-electron chi connectivity index (χ1n) is 7.53. The monoisotopic (exact) mass is 311 g/mol. The lowest BCUT2D eigenvalue weighted by atomic mass is 9.92. The molecule has 118 valence electrons. The number of carbonyl (C=O) groups excluding carboxylic acids is 1. The first-order valence-corrected chi connectivity index (χ1v) is 7.53. The van der Waals surface area contributed by atoms with Crippen molar-refractivity contribution in [3.8, 4) is 0 Å². The molecule has 1 aromatic carbocycles. The Morgan fingerprint density at radius 3 is 2.96 bits per heavy atom. The summed E-state index contributed by atoms with van der Waals surface area (Å²) in [6.45, 7) is 0.253. The molecule has 1 N–H and O–H groups in total. The minimum absolute atomic E-state index is 0.00619. The molecule has 6 heteroatoms. The van der Waals surface area contributed by atoms with Crippen molar-refractivity contribution in [3.05, 3.63) is 64.3 Å². The van der Waals surface area contributed by atoms with Gasteiger partial charge in [-0.15, -0.1) is 4.91 Å². The fourth-order valence-corrected chi connectivity index (χ4v) is 2.70. The molecular weight excluding hydrogens is 294 g/mol. The van der Waals surface area contributed by atoms with Crippen LogP contribution in [0.5, 0.6) is 0 Å². The van der Waals surface area contributed by atoms with Crippen molar-refractivity contribution in [1.82, 2.24) is 10.3 Å². The Balaban J connectivity index is 1.52. The molecule has 1 amide bonds. The lowest BCUT2D eigenvalue weighted by molar-refractivity contribution is 0.134. The number of aryl methyl sites for hydroxylation is 1. The van der Waals surface area contributed by atoms with Gasteiger partial charge in [-0.05, 0) is 35.2 Å². The van der Waals surface area contributed by atoms with E-state index in [2.05, 4.69) is 15.5 Å². The van der Waals surface area contributed by atoms with Crippen molar-refractivity contribution in [2.24, 2.45) is 5.18 Å². The fraction of sp³-hybridized carbons (Fsp3) is 0.294. The smallest absolute Gasteiger partial charge is 0.407 e. The van der Waals surface area contributed by atoms with Gasteiger partial charge in [0.1, 0.15) is 12.3 Å². The minimum atomic E-state index is -0.423. The summed E-state index contributed by atoms with van der Waals surface area (Å²) in [4.78, 5) is 26.7. The van der Waals surface area contributed by atoms with Gasteiger partial charge >= 0.3 is 6.09 Å². The van der Waals surface area contributed by atoms with Crippen molar-refractivity contribution in [2.45, 2.75) is 31.9 Å². The maximum absolute atomic E-state index is 11.9. The molecule has 6 nitrogen and oxygen atoms in total. The van der Waals surface area contributed by atoms with Crippen molar-refractivity contribution < 1.29 is 9.53 Å². The molecule has 1 atom stereocenters. The maximum atomic E-state index is 11.9. The van der Waals surface area contributed by atoms with E-state index in [1.807, 2.05) is 30.3 Å². The molecule has 1 heterocycles. The Morgan fingerprint density at radius 1 is 1.35 bits per heavy atom. The van der Waals surface area contributed by atoms with Crippen LogP contribution in [0.4, 0.5) is 10.5 Å². The lowest BCUT2D eigenvalue weighted by Gasteiger charge is -2.24. The molecule has 0 radical (unpaired) electrons. The van der Waals surface area contributed by atoms with E-state index in [1.54, 1.807) is 6.07 Å². The second-order valence-electron chi connectivity index (χ2n) is 5.54. The van der Waals surface area contributed by atoms with Crippen LogP contribution < -0.4 is 5.32 Å². The van der Waals surface area contributed by atoms with Gasteiger partial charge in [-0.1, -0.05) is 30.3 Å². The van der Waals surface area contributed by atoms with Crippen LogP contribution in [0.25, 0.3) is 0 Å². The summed E-state index contributed by atoms with van der Waals surface area (Å²) in [5, 5.41) is 5.77. The number of rotatable bonds is 4. The Bertz CT molecular complexity index is 703. The van der Waals surface area contributed by atoms with E-state index in [0.29, 0.717) is 12.1 Å². The topological polar surface area (TPSA) is 80.7 Å². The van der Waals surface area contributed by atoms with Crippen LogP contribution in [-0.2, 0) is 24.2 Å². The third-order valence-electron chi connectivity index (χ3n) is 3.89. The number of benzene rings is 1. The Labute approximate surface area is 133 Å². The number of fused-ring (bicyclic) bond motifs is 1. The van der Waals surface area contributed by atoms with Gasteiger partial charge in [0.15, 0.2) is 0 Å². The molecule has 0 fully saturated rings. The maximum Gasteiger partial charge on any atom is 0.407 e. The highest BCUT2D eigenvalue weighted by atomic mass is 16.5. The van der Waals surface area contributed by atoms with E-state index in [9.17, 15) is 9.70 Å². The van der Waals surface area contributed by atoms with E-state index >= 15 is 0 Å². The number of nitroso groups, excluding NO2 is 1. The zero-order chi connectivity index (χ0) is 16.1. The summed E-state index contributed by atoms with van der Waals surface area (Å²) in [7, 11) is 0. The first kappa shape index (κ1) is 15.1. The molecule has 23 heavy (non-hydrogen) atoms. The predicted molar refractivity (Wildman–Crippen MR) is 85.3 cm³/mol. The molecule has 0 aliphatic heterocycles. The molecule has 0 bridgehead atoms. The van der Waals surface area contributed by atoms with E-state index in [0.717, 1.165) is 29.7 Å². The van der Waals surface area contributed by atoms with Crippen LogP contribution in [0, 0.1) is 4.91 Å². The van der Waals surface area contributed by atoms with Crippen LogP contribution in [0.2, 0.25) is 0 Å². The summed E-state index contributed by atoms with van der Waals surface area (Å²) in [6.07, 6.45) is 3.22. The Morgan fingerprint density at radius 2 is 2.17 bits per heavy atom. The van der Waals surface area contributed by atoms with Crippen molar-refractivity contribution in [3.63, 3.8) is 0 Å². The van der Waals surface area contributed by atoms with Gasteiger partial charge < -0.3 is 10.1 Å². The lowest BCUT2D eigenvalue weighted by Crippen LogP contribution is -2.39. The SMILES string of the molecule is O=Nc1cnc2c(c1)CCC(NC(=O)OCc1ccccc1)C2. The van der Waals surface area contributed by atoms with Crippen LogP contribution in [-0.4, -0.2) is 17.1 Å². The van der Waals surface area contributed by atoms with E-state index in [4.69, 9.17) is 4.74 Å². The zero-order valence-corrected chi connectivity index (χ0v) is 12.6. The zero-order valence-electron chi connectivity index (χ0n) is 12.6. The van der Waals surface area contributed by atoms with E-state index < -0.39 is 6.09 Å². The highest BCUT2D eigenvalue weighted by Crippen LogP contribution is 2.23. The van der Waals surface area contributed by atoms with Gasteiger partial charge in [-0.25, -0.2) is 4.79 Å². The fourth-order valence-electron chi connectivity index (χ4n) is 2.70. The number of pyridine rings is 1. The number of hydrogen-bond acceptors (Lipinski definition) is 5. The van der Waals surface area contributed by atoms with Crippen molar-refractivity contribution in [2.75, 3.05) is 0 Å². The first-order chi connectivity index (χ1) is 11.2. The van der Waals surface area contributed by atoms with Gasteiger partial charge in [0.05, 0.1) is 6.20 Å². The quantitative estimate of drug-likeness (QED) is 0.879. The number of alkyl carbamates (subject to hydrolysis) is 1. The standard InChI is InChI=1S/C17H17N3O3/c21-17(23-11-12-4-2-1-3-5-12)19-14-7-6-13-8-15(20-22)10-18-16(13)9-14/h1-5,8,10,14H,6-7,9,11H2,(H,19,21). The molecule has 1 aliphatic carbocycles. The van der Waals surface area contributed by atoms with Crippen LogP contribution in [0.1, 0.15) is 23.2 Å². The Hall–Kier alpha value is -2.76. The Kier molecular flexibility index (Phi) is 4.61. The molecule has 2 aromatic rings. The summed E-state index contributed by atoms with van der Waals surface area (Å²) < 4.78 is 5.23.